The minimum absolute atomic E-state index is 0.0442. The molecular formula is C11H5ClF5NO. The number of halogens is 6. The maximum Gasteiger partial charge on any atom is 0.416 e. The molecule has 0 fully saturated rings. The van der Waals surface area contributed by atoms with Crippen LogP contribution in [0, 0.1) is 0 Å². The van der Waals surface area contributed by atoms with Crippen molar-refractivity contribution in [2.45, 2.75) is 12.6 Å². The lowest BCUT2D eigenvalue weighted by Crippen LogP contribution is -2.04. The van der Waals surface area contributed by atoms with Crippen molar-refractivity contribution in [1.29, 1.82) is 0 Å². The van der Waals surface area contributed by atoms with E-state index in [9.17, 15) is 22.0 Å². The summed E-state index contributed by atoms with van der Waals surface area (Å²) >= 11 is 5.37. The van der Waals surface area contributed by atoms with Crippen LogP contribution < -0.4 is 0 Å². The second-order valence-corrected chi connectivity index (χ2v) is 3.88. The molecule has 0 radical (unpaired) electrons. The molecule has 102 valence electrons. The summed E-state index contributed by atoms with van der Waals surface area (Å²) in [6.07, 6.45) is -7.43. The number of oxazole rings is 1. The average Bonchev–Trinajstić information content (AvgIpc) is 2.70. The van der Waals surface area contributed by atoms with Gasteiger partial charge < -0.3 is 4.42 Å². The Bertz CT molecular complexity index is 576. The Balaban J connectivity index is 2.43. The van der Waals surface area contributed by atoms with E-state index >= 15 is 0 Å². The zero-order valence-corrected chi connectivity index (χ0v) is 9.77. The van der Waals surface area contributed by atoms with Gasteiger partial charge in [0.15, 0.2) is 11.5 Å². The highest BCUT2D eigenvalue weighted by molar-refractivity contribution is 6.27. The highest BCUT2D eigenvalue weighted by Gasteiger charge is 2.30. The monoisotopic (exact) mass is 297 g/mol. The van der Waals surface area contributed by atoms with Crippen molar-refractivity contribution < 1.29 is 26.4 Å². The van der Waals surface area contributed by atoms with Crippen LogP contribution in [0.5, 0.6) is 0 Å². The van der Waals surface area contributed by atoms with E-state index in [0.717, 1.165) is 24.3 Å². The Morgan fingerprint density at radius 2 is 1.68 bits per heavy atom. The second kappa shape index (κ2) is 4.80. The molecule has 1 aromatic heterocycles. The molecule has 0 amide bonds. The third kappa shape index (κ3) is 2.86. The van der Waals surface area contributed by atoms with Crippen LogP contribution in [0.3, 0.4) is 0 Å². The number of rotatable bonds is 2. The van der Waals surface area contributed by atoms with Gasteiger partial charge in [-0.1, -0.05) is 12.1 Å². The molecule has 8 heteroatoms. The van der Waals surface area contributed by atoms with Crippen LogP contribution in [0.15, 0.2) is 28.7 Å². The zero-order chi connectivity index (χ0) is 14.2. The molecule has 0 unspecified atom stereocenters. The van der Waals surface area contributed by atoms with Gasteiger partial charge in [-0.2, -0.15) is 18.2 Å². The molecule has 0 N–H and O–H groups in total. The van der Waals surface area contributed by atoms with Crippen LogP contribution in [0.4, 0.5) is 22.0 Å². The van der Waals surface area contributed by atoms with E-state index in [4.69, 9.17) is 16.0 Å². The Kier molecular flexibility index (Phi) is 3.49. The fraction of sp³-hybridized carbons (Fsp3) is 0.182. The van der Waals surface area contributed by atoms with E-state index in [1.165, 1.54) is 0 Å². The molecule has 2 aromatic rings. The molecule has 2 nitrogen and oxygen atoms in total. The number of hydrogen-bond acceptors (Lipinski definition) is 2. The van der Waals surface area contributed by atoms with Gasteiger partial charge in [0.05, 0.1) is 5.56 Å². The maximum absolute atomic E-state index is 12.6. The predicted molar refractivity (Wildman–Crippen MR) is 56.9 cm³/mol. The van der Waals surface area contributed by atoms with E-state index in [1.54, 1.807) is 0 Å². The van der Waals surface area contributed by atoms with E-state index < -0.39 is 29.2 Å². The van der Waals surface area contributed by atoms with Crippen LogP contribution in [-0.2, 0) is 6.18 Å². The molecule has 2 rings (SSSR count). The second-order valence-electron chi connectivity index (χ2n) is 3.56. The molecular weight excluding hydrogens is 293 g/mol. The summed E-state index contributed by atoms with van der Waals surface area (Å²) in [6.45, 7) is 0. The minimum Gasteiger partial charge on any atom is -0.427 e. The molecule has 0 saturated carbocycles. The van der Waals surface area contributed by atoms with Crippen molar-refractivity contribution in [3.05, 3.63) is 40.9 Å². The quantitative estimate of drug-likeness (QED) is 0.733. The van der Waals surface area contributed by atoms with Crippen LogP contribution in [0.1, 0.15) is 17.7 Å². The molecule has 0 aliphatic rings. The lowest BCUT2D eigenvalue weighted by atomic mass is 10.1. The summed E-state index contributed by atoms with van der Waals surface area (Å²) < 4.78 is 67.1. The molecule has 0 spiro atoms. The normalized spacial score (nSPS) is 12.2. The summed E-state index contributed by atoms with van der Waals surface area (Å²) in [5, 5.41) is -0.495. The van der Waals surface area contributed by atoms with Gasteiger partial charge in [-0.3, -0.25) is 0 Å². The Morgan fingerprint density at radius 3 is 2.16 bits per heavy atom. The number of hydrogen-bond donors (Lipinski definition) is 0. The van der Waals surface area contributed by atoms with Gasteiger partial charge in [-0.25, -0.2) is 8.78 Å². The van der Waals surface area contributed by atoms with Crippen molar-refractivity contribution in [1.82, 2.24) is 4.98 Å². The third-order valence-electron chi connectivity index (χ3n) is 2.31. The molecule has 19 heavy (non-hydrogen) atoms. The fourth-order valence-electron chi connectivity index (χ4n) is 1.47. The third-order valence-corrected chi connectivity index (χ3v) is 2.47. The standard InChI is InChI=1S/C11H5ClF5NO/c12-10-18-7(9(13)14)8(19-10)5-1-3-6(4-2-5)11(15,16)17/h1-4,9H. The minimum atomic E-state index is -4.50. The first-order valence-electron chi connectivity index (χ1n) is 4.91. The van der Waals surface area contributed by atoms with E-state index in [2.05, 4.69) is 4.98 Å². The highest BCUT2D eigenvalue weighted by Crippen LogP contribution is 2.35. The van der Waals surface area contributed by atoms with Gasteiger partial charge in [0, 0.05) is 5.56 Å². The summed E-state index contributed by atoms with van der Waals surface area (Å²) in [7, 11) is 0. The zero-order valence-electron chi connectivity index (χ0n) is 9.01. The van der Waals surface area contributed by atoms with Crippen LogP contribution in [-0.4, -0.2) is 4.98 Å². The highest BCUT2D eigenvalue weighted by atomic mass is 35.5. The lowest BCUT2D eigenvalue weighted by Gasteiger charge is -2.07. The van der Waals surface area contributed by atoms with Crippen molar-refractivity contribution >= 4 is 11.6 Å². The van der Waals surface area contributed by atoms with Gasteiger partial charge >= 0.3 is 6.18 Å². The average molecular weight is 298 g/mol. The molecule has 0 saturated heterocycles. The molecule has 1 heterocycles. The Hall–Kier alpha value is -1.63. The molecule has 0 bridgehead atoms. The maximum atomic E-state index is 12.6. The van der Waals surface area contributed by atoms with Crippen molar-refractivity contribution in [2.24, 2.45) is 0 Å². The number of aromatic nitrogens is 1. The fourth-order valence-corrected chi connectivity index (χ4v) is 1.64. The van der Waals surface area contributed by atoms with E-state index in [-0.39, 0.29) is 11.3 Å². The summed E-state index contributed by atoms with van der Waals surface area (Å²) in [5.41, 5.74) is -1.55. The number of benzene rings is 1. The van der Waals surface area contributed by atoms with Crippen molar-refractivity contribution in [3.8, 4) is 11.3 Å². The van der Waals surface area contributed by atoms with E-state index in [0.29, 0.717) is 0 Å². The smallest absolute Gasteiger partial charge is 0.416 e. The topological polar surface area (TPSA) is 26.0 Å². The Morgan fingerprint density at radius 1 is 1.11 bits per heavy atom. The van der Waals surface area contributed by atoms with Crippen molar-refractivity contribution in [2.75, 3.05) is 0 Å². The van der Waals surface area contributed by atoms with E-state index in [1.807, 2.05) is 0 Å². The van der Waals surface area contributed by atoms with Gasteiger partial charge in [-0.15, -0.1) is 0 Å². The van der Waals surface area contributed by atoms with Gasteiger partial charge in [-0.05, 0) is 23.7 Å². The van der Waals surface area contributed by atoms with Crippen molar-refractivity contribution in [3.63, 3.8) is 0 Å². The first-order valence-corrected chi connectivity index (χ1v) is 5.29. The van der Waals surface area contributed by atoms with Gasteiger partial charge in [0.25, 0.3) is 11.8 Å². The predicted octanol–water partition coefficient (Wildman–Crippen LogP) is 4.95. The lowest BCUT2D eigenvalue weighted by molar-refractivity contribution is -0.137. The molecule has 0 atom stereocenters. The van der Waals surface area contributed by atoms with Gasteiger partial charge in [0.2, 0.25) is 0 Å². The Labute approximate surface area is 108 Å². The SMILES string of the molecule is FC(F)c1nc(Cl)oc1-c1ccc(C(F)(F)F)cc1. The summed E-state index contributed by atoms with van der Waals surface area (Å²) in [5.74, 6) is -0.339. The number of alkyl halides is 5. The van der Waals surface area contributed by atoms with Crippen LogP contribution in [0.2, 0.25) is 5.35 Å². The van der Waals surface area contributed by atoms with Crippen LogP contribution in [0.25, 0.3) is 11.3 Å². The number of nitrogens with zero attached hydrogens (tertiary/aromatic N) is 1. The summed E-state index contributed by atoms with van der Waals surface area (Å²) in [4.78, 5) is 3.28. The largest absolute Gasteiger partial charge is 0.427 e. The first kappa shape index (κ1) is 13.8. The molecule has 1 aromatic carbocycles. The molecule has 0 aliphatic heterocycles. The van der Waals surface area contributed by atoms with Gasteiger partial charge in [0.1, 0.15) is 0 Å². The summed E-state index contributed by atoms with van der Waals surface area (Å²) in [6, 6.07) is 3.57. The van der Waals surface area contributed by atoms with Crippen LogP contribution >= 0.6 is 11.6 Å². The first-order chi connectivity index (χ1) is 8.79. The molecule has 0 aliphatic carbocycles.